The van der Waals surface area contributed by atoms with Crippen molar-refractivity contribution in [3.63, 3.8) is 0 Å². The number of benzene rings is 1. The van der Waals surface area contributed by atoms with Crippen LogP contribution in [0.4, 0.5) is 0 Å². The van der Waals surface area contributed by atoms with E-state index in [-0.39, 0.29) is 0 Å². The molecule has 0 aliphatic carbocycles. The van der Waals surface area contributed by atoms with Gasteiger partial charge in [0.1, 0.15) is 5.75 Å². The van der Waals surface area contributed by atoms with E-state index in [0.29, 0.717) is 17.3 Å². The highest BCUT2D eigenvalue weighted by molar-refractivity contribution is 7.83. The number of aromatic nitrogens is 2. The molecule has 0 fully saturated rings. The molecule has 0 aliphatic heterocycles. The van der Waals surface area contributed by atoms with Gasteiger partial charge < -0.3 is 10.5 Å². The second kappa shape index (κ2) is 5.75. The van der Waals surface area contributed by atoms with Crippen molar-refractivity contribution in [2.75, 3.05) is 0 Å². The molecule has 0 radical (unpaired) electrons. The Balaban J connectivity index is 2.35. The molecule has 0 spiro atoms. The first-order chi connectivity index (χ1) is 9.11. The van der Waals surface area contributed by atoms with Crippen LogP contribution >= 0.6 is 12.6 Å². The first-order valence-corrected chi connectivity index (χ1v) is 6.29. The summed E-state index contributed by atoms with van der Waals surface area (Å²) in [6.45, 7) is 3.96. The van der Waals surface area contributed by atoms with Crippen molar-refractivity contribution >= 4 is 18.3 Å². The fraction of sp³-hybridized carbons (Fsp3) is 0.143. The van der Waals surface area contributed by atoms with Crippen molar-refractivity contribution < 1.29 is 4.74 Å². The molecule has 0 aliphatic rings. The number of thiol groups is 1. The molecular weight excluding hydrogens is 258 g/mol. The van der Waals surface area contributed by atoms with E-state index in [9.17, 15) is 0 Å². The zero-order valence-electron chi connectivity index (χ0n) is 10.8. The number of hydrogen-bond acceptors (Lipinski definition) is 5. The average Bonchev–Trinajstić information content (AvgIpc) is 2.38. The molecule has 98 valence electrons. The van der Waals surface area contributed by atoms with Crippen LogP contribution < -0.4 is 10.5 Å². The maximum Gasteiger partial charge on any atom is 0.237 e. The maximum atomic E-state index is 5.92. The highest BCUT2D eigenvalue weighted by atomic mass is 32.1. The second-order valence-electron chi connectivity index (χ2n) is 4.16. The smallest absolute Gasteiger partial charge is 0.237 e. The van der Waals surface area contributed by atoms with Gasteiger partial charge in [-0.05, 0) is 42.5 Å². The fourth-order valence-electron chi connectivity index (χ4n) is 1.96. The van der Waals surface area contributed by atoms with Gasteiger partial charge in [-0.15, -0.1) is 12.6 Å². The Morgan fingerprint density at radius 3 is 2.47 bits per heavy atom. The van der Waals surface area contributed by atoms with Gasteiger partial charge in [0.05, 0.1) is 6.20 Å². The van der Waals surface area contributed by atoms with E-state index in [2.05, 4.69) is 22.6 Å². The number of nitrogens with zero attached hydrogens (tertiary/aromatic N) is 2. The average molecular weight is 273 g/mol. The summed E-state index contributed by atoms with van der Waals surface area (Å²) in [7, 11) is 0. The number of rotatable bonds is 3. The van der Waals surface area contributed by atoms with Gasteiger partial charge in [-0.25, -0.2) is 4.98 Å². The van der Waals surface area contributed by atoms with Crippen LogP contribution in [0.2, 0.25) is 0 Å². The van der Waals surface area contributed by atoms with E-state index in [1.807, 2.05) is 26.0 Å². The van der Waals surface area contributed by atoms with Crippen molar-refractivity contribution in [3.05, 3.63) is 52.8 Å². The lowest BCUT2D eigenvalue weighted by atomic mass is 10.0. The quantitative estimate of drug-likeness (QED) is 0.844. The molecule has 1 aromatic carbocycles. The minimum atomic E-state index is 0.465. The summed E-state index contributed by atoms with van der Waals surface area (Å²) in [4.78, 5) is 8.03. The third kappa shape index (κ3) is 3.06. The van der Waals surface area contributed by atoms with Crippen LogP contribution in [0.3, 0.4) is 0 Å². The van der Waals surface area contributed by atoms with Crippen LogP contribution in [-0.4, -0.2) is 9.97 Å². The van der Waals surface area contributed by atoms with Crippen LogP contribution in [0, 0.1) is 13.8 Å². The molecule has 0 saturated carbocycles. The van der Waals surface area contributed by atoms with Gasteiger partial charge >= 0.3 is 0 Å². The monoisotopic (exact) mass is 273 g/mol. The molecule has 19 heavy (non-hydrogen) atoms. The third-order valence-corrected chi connectivity index (χ3v) is 2.97. The number of ether oxygens (including phenoxy) is 1. The topological polar surface area (TPSA) is 61.0 Å². The Kier molecular flexibility index (Phi) is 4.06. The van der Waals surface area contributed by atoms with E-state index in [1.165, 1.54) is 0 Å². The summed E-state index contributed by atoms with van der Waals surface area (Å²) in [5, 5.41) is 1.60. The predicted octanol–water partition coefficient (Wildman–Crippen LogP) is 3.07. The molecular formula is C14H15N3OS. The minimum absolute atomic E-state index is 0.465. The number of hydrogen-bond donors (Lipinski definition) is 2. The van der Waals surface area contributed by atoms with E-state index in [4.69, 9.17) is 10.5 Å². The SMILES string of the molecule is Cc1cc(Oc2cnccn2)cc(C)c1/C(N)=C/S. The van der Waals surface area contributed by atoms with Crippen LogP contribution in [0.5, 0.6) is 11.6 Å². The van der Waals surface area contributed by atoms with Crippen molar-refractivity contribution in [1.29, 1.82) is 0 Å². The second-order valence-corrected chi connectivity index (χ2v) is 4.42. The molecule has 2 N–H and O–H groups in total. The van der Waals surface area contributed by atoms with E-state index in [0.717, 1.165) is 16.7 Å². The summed E-state index contributed by atoms with van der Waals surface area (Å²) < 4.78 is 5.66. The van der Waals surface area contributed by atoms with Crippen LogP contribution in [0.15, 0.2) is 36.1 Å². The van der Waals surface area contributed by atoms with Gasteiger partial charge in [-0.1, -0.05) is 0 Å². The van der Waals surface area contributed by atoms with Crippen LogP contribution in [-0.2, 0) is 0 Å². The Bertz CT molecular complexity index is 588. The third-order valence-electron chi connectivity index (χ3n) is 2.70. The molecule has 0 atom stereocenters. The summed E-state index contributed by atoms with van der Waals surface area (Å²) in [6.07, 6.45) is 4.76. The summed E-state index contributed by atoms with van der Waals surface area (Å²) in [6, 6.07) is 3.84. The number of nitrogens with two attached hydrogens (primary N) is 1. The molecule has 0 unspecified atom stereocenters. The Hall–Kier alpha value is -2.01. The zero-order valence-corrected chi connectivity index (χ0v) is 11.7. The van der Waals surface area contributed by atoms with Gasteiger partial charge in [-0.3, -0.25) is 4.98 Å². The molecule has 5 heteroatoms. The highest BCUT2D eigenvalue weighted by Gasteiger charge is 2.09. The maximum absolute atomic E-state index is 5.92. The standard InChI is InChI=1S/C14H15N3OS/c1-9-5-11(18-13-7-16-3-4-17-13)6-10(2)14(9)12(15)8-19/h3-8,19H,15H2,1-2H3/b12-8-. The molecule has 0 amide bonds. The van der Waals surface area contributed by atoms with Gasteiger partial charge in [0.15, 0.2) is 0 Å². The van der Waals surface area contributed by atoms with E-state index >= 15 is 0 Å². The molecule has 0 saturated heterocycles. The number of aryl methyl sites for hydroxylation is 2. The van der Waals surface area contributed by atoms with Crippen molar-refractivity contribution in [2.45, 2.75) is 13.8 Å². The Labute approximate surface area is 117 Å². The van der Waals surface area contributed by atoms with Crippen molar-refractivity contribution in [3.8, 4) is 11.6 Å². The van der Waals surface area contributed by atoms with Gasteiger partial charge in [0.2, 0.25) is 5.88 Å². The first kappa shape index (κ1) is 13.4. The highest BCUT2D eigenvalue weighted by Crippen LogP contribution is 2.28. The van der Waals surface area contributed by atoms with Gasteiger partial charge in [0.25, 0.3) is 0 Å². The molecule has 0 bridgehead atoms. The van der Waals surface area contributed by atoms with Crippen LogP contribution in [0.1, 0.15) is 16.7 Å². The van der Waals surface area contributed by atoms with Crippen molar-refractivity contribution in [1.82, 2.24) is 9.97 Å². The van der Waals surface area contributed by atoms with Gasteiger partial charge in [-0.2, -0.15) is 0 Å². The lowest BCUT2D eigenvalue weighted by Crippen LogP contribution is -2.01. The lowest BCUT2D eigenvalue weighted by molar-refractivity contribution is 0.459. The minimum Gasteiger partial charge on any atom is -0.437 e. The van der Waals surface area contributed by atoms with Crippen LogP contribution in [0.25, 0.3) is 5.70 Å². The lowest BCUT2D eigenvalue weighted by Gasteiger charge is -2.12. The summed E-state index contributed by atoms with van der Waals surface area (Å²) in [5.74, 6) is 1.18. The molecule has 2 aromatic rings. The first-order valence-electron chi connectivity index (χ1n) is 5.77. The predicted molar refractivity (Wildman–Crippen MR) is 79.2 cm³/mol. The normalized spacial score (nSPS) is 11.4. The summed E-state index contributed by atoms with van der Waals surface area (Å²) in [5.41, 5.74) is 9.61. The molecule has 1 aromatic heterocycles. The molecule has 2 rings (SSSR count). The Morgan fingerprint density at radius 1 is 1.26 bits per heavy atom. The molecule has 1 heterocycles. The van der Waals surface area contributed by atoms with E-state index in [1.54, 1.807) is 24.0 Å². The van der Waals surface area contributed by atoms with Crippen molar-refractivity contribution in [2.24, 2.45) is 5.73 Å². The van der Waals surface area contributed by atoms with Gasteiger partial charge in [0, 0.05) is 23.7 Å². The van der Waals surface area contributed by atoms with E-state index < -0.39 is 0 Å². The zero-order chi connectivity index (χ0) is 13.8. The molecule has 4 nitrogen and oxygen atoms in total. The largest absolute Gasteiger partial charge is 0.437 e. The Morgan fingerprint density at radius 2 is 1.95 bits per heavy atom. The fourth-order valence-corrected chi connectivity index (χ4v) is 2.09. The summed E-state index contributed by atoms with van der Waals surface area (Å²) >= 11 is 4.09.